The van der Waals surface area contributed by atoms with Crippen LogP contribution >= 0.6 is 11.8 Å². The Morgan fingerprint density at radius 2 is 1.79 bits per heavy atom. The van der Waals surface area contributed by atoms with Crippen LogP contribution in [-0.2, 0) is 11.4 Å². The van der Waals surface area contributed by atoms with E-state index in [1.807, 2.05) is 70.2 Å². The number of aromatic amines is 1. The van der Waals surface area contributed by atoms with Crippen LogP contribution in [0.25, 0.3) is 0 Å². The van der Waals surface area contributed by atoms with E-state index < -0.39 is 0 Å². The first-order chi connectivity index (χ1) is 13.4. The minimum atomic E-state index is -0.333. The topological polar surface area (TPSA) is 79.9 Å². The second kappa shape index (κ2) is 8.93. The van der Waals surface area contributed by atoms with Crippen LogP contribution in [0, 0.1) is 20.8 Å². The van der Waals surface area contributed by atoms with Crippen molar-refractivity contribution < 1.29 is 9.53 Å². The number of nitrogens with one attached hydrogen (secondary N) is 2. The number of para-hydroxylation sites is 2. The average Bonchev–Trinajstić information content (AvgIpc) is 3.11. The van der Waals surface area contributed by atoms with Gasteiger partial charge in [0.2, 0.25) is 11.1 Å². The maximum Gasteiger partial charge on any atom is 0.237 e. The van der Waals surface area contributed by atoms with Crippen LogP contribution in [0.3, 0.4) is 0 Å². The SMILES string of the molecule is Cc1ccccc1OCc1nc(S[C@@H](C)C(=O)Nc2c(C)cccc2C)n[nH]1. The number of benzene rings is 2. The van der Waals surface area contributed by atoms with Crippen molar-refractivity contribution in [1.29, 1.82) is 0 Å². The highest BCUT2D eigenvalue weighted by Gasteiger charge is 2.18. The lowest BCUT2D eigenvalue weighted by Gasteiger charge is -2.14. The maximum atomic E-state index is 12.6. The Hall–Kier alpha value is -2.80. The number of carbonyl (C=O) groups is 1. The zero-order chi connectivity index (χ0) is 20.1. The van der Waals surface area contributed by atoms with Gasteiger partial charge in [0.25, 0.3) is 0 Å². The summed E-state index contributed by atoms with van der Waals surface area (Å²) in [4.78, 5) is 17.0. The van der Waals surface area contributed by atoms with E-state index >= 15 is 0 Å². The second-order valence-electron chi connectivity index (χ2n) is 6.63. The highest BCUT2D eigenvalue weighted by atomic mass is 32.2. The molecule has 0 saturated heterocycles. The number of anilines is 1. The number of thioether (sulfide) groups is 1. The van der Waals surface area contributed by atoms with Crippen LogP contribution in [0.5, 0.6) is 5.75 Å². The number of aromatic nitrogens is 3. The van der Waals surface area contributed by atoms with Crippen molar-refractivity contribution in [2.24, 2.45) is 0 Å². The Kier molecular flexibility index (Phi) is 6.36. The van der Waals surface area contributed by atoms with Crippen molar-refractivity contribution in [1.82, 2.24) is 15.2 Å². The minimum Gasteiger partial charge on any atom is -0.485 e. The highest BCUT2D eigenvalue weighted by Crippen LogP contribution is 2.24. The molecule has 0 bridgehead atoms. The number of carbonyl (C=O) groups excluding carboxylic acids is 1. The van der Waals surface area contributed by atoms with E-state index in [1.165, 1.54) is 11.8 Å². The lowest BCUT2D eigenvalue weighted by molar-refractivity contribution is -0.115. The lowest BCUT2D eigenvalue weighted by atomic mass is 10.1. The molecule has 1 atom stereocenters. The minimum absolute atomic E-state index is 0.0788. The number of ether oxygens (including phenoxy) is 1. The summed E-state index contributed by atoms with van der Waals surface area (Å²) in [6.45, 7) is 8.09. The Labute approximate surface area is 169 Å². The Balaban J connectivity index is 1.57. The molecular formula is C21H24N4O2S. The van der Waals surface area contributed by atoms with E-state index in [0.717, 1.165) is 28.1 Å². The van der Waals surface area contributed by atoms with Crippen LogP contribution in [0.1, 0.15) is 29.4 Å². The van der Waals surface area contributed by atoms with Crippen molar-refractivity contribution in [2.75, 3.05) is 5.32 Å². The molecule has 2 N–H and O–H groups in total. The van der Waals surface area contributed by atoms with Gasteiger partial charge in [-0.15, -0.1) is 5.10 Å². The molecule has 1 aromatic heterocycles. The maximum absolute atomic E-state index is 12.6. The first kappa shape index (κ1) is 19.9. The summed E-state index contributed by atoms with van der Waals surface area (Å²) < 4.78 is 5.77. The van der Waals surface area contributed by atoms with E-state index in [0.29, 0.717) is 17.6 Å². The Bertz CT molecular complexity index is 950. The molecule has 0 spiro atoms. The number of hydrogen-bond donors (Lipinski definition) is 2. The molecule has 1 amide bonds. The van der Waals surface area contributed by atoms with E-state index in [-0.39, 0.29) is 11.2 Å². The van der Waals surface area contributed by atoms with Crippen LogP contribution in [-0.4, -0.2) is 26.3 Å². The number of amides is 1. The monoisotopic (exact) mass is 396 g/mol. The van der Waals surface area contributed by atoms with Gasteiger partial charge < -0.3 is 10.1 Å². The van der Waals surface area contributed by atoms with Crippen LogP contribution < -0.4 is 10.1 Å². The van der Waals surface area contributed by atoms with Crippen LogP contribution in [0.2, 0.25) is 0 Å². The van der Waals surface area contributed by atoms with E-state index in [9.17, 15) is 4.79 Å². The van der Waals surface area contributed by atoms with E-state index in [4.69, 9.17) is 4.74 Å². The first-order valence-electron chi connectivity index (χ1n) is 9.07. The van der Waals surface area contributed by atoms with Crippen LogP contribution in [0.15, 0.2) is 47.6 Å². The molecule has 28 heavy (non-hydrogen) atoms. The fraction of sp³-hybridized carbons (Fsp3) is 0.286. The molecule has 1 heterocycles. The third-order valence-electron chi connectivity index (χ3n) is 4.35. The summed E-state index contributed by atoms with van der Waals surface area (Å²) in [5.41, 5.74) is 4.01. The molecule has 0 aliphatic heterocycles. The molecule has 0 aliphatic rings. The largest absolute Gasteiger partial charge is 0.485 e. The van der Waals surface area contributed by atoms with Crippen molar-refractivity contribution in [3.8, 4) is 5.75 Å². The first-order valence-corrected chi connectivity index (χ1v) is 9.95. The smallest absolute Gasteiger partial charge is 0.237 e. The quantitative estimate of drug-likeness (QED) is 0.578. The average molecular weight is 397 g/mol. The third-order valence-corrected chi connectivity index (χ3v) is 5.31. The van der Waals surface area contributed by atoms with Crippen molar-refractivity contribution in [3.05, 3.63) is 65.0 Å². The zero-order valence-corrected chi connectivity index (χ0v) is 17.3. The molecule has 2 aromatic carbocycles. The molecule has 0 unspecified atom stereocenters. The van der Waals surface area contributed by atoms with Gasteiger partial charge in [-0.05, 0) is 50.5 Å². The van der Waals surface area contributed by atoms with Crippen molar-refractivity contribution in [3.63, 3.8) is 0 Å². The van der Waals surface area contributed by atoms with Gasteiger partial charge in [-0.1, -0.05) is 48.2 Å². The van der Waals surface area contributed by atoms with Gasteiger partial charge in [0.05, 0.1) is 5.25 Å². The van der Waals surface area contributed by atoms with E-state index in [2.05, 4.69) is 20.5 Å². The van der Waals surface area contributed by atoms with E-state index in [1.54, 1.807) is 0 Å². The van der Waals surface area contributed by atoms with Crippen LogP contribution in [0.4, 0.5) is 5.69 Å². The highest BCUT2D eigenvalue weighted by molar-refractivity contribution is 8.00. The number of H-pyrrole nitrogens is 1. The predicted molar refractivity (Wildman–Crippen MR) is 112 cm³/mol. The Morgan fingerprint density at radius 1 is 1.11 bits per heavy atom. The van der Waals surface area contributed by atoms with Gasteiger partial charge in [-0.2, -0.15) is 0 Å². The third kappa shape index (κ3) is 4.92. The Morgan fingerprint density at radius 3 is 2.50 bits per heavy atom. The normalized spacial score (nSPS) is 11.9. The summed E-state index contributed by atoms with van der Waals surface area (Å²) in [5, 5.41) is 10.2. The van der Waals surface area contributed by atoms with Gasteiger partial charge in [0, 0.05) is 5.69 Å². The molecule has 0 saturated carbocycles. The van der Waals surface area contributed by atoms with Crippen molar-refractivity contribution in [2.45, 2.75) is 44.7 Å². The second-order valence-corrected chi connectivity index (χ2v) is 7.94. The molecule has 3 aromatic rings. The lowest BCUT2D eigenvalue weighted by Crippen LogP contribution is -2.23. The zero-order valence-electron chi connectivity index (χ0n) is 16.4. The van der Waals surface area contributed by atoms with Gasteiger partial charge in [0.1, 0.15) is 12.4 Å². The summed E-state index contributed by atoms with van der Waals surface area (Å²) >= 11 is 1.31. The summed E-state index contributed by atoms with van der Waals surface area (Å²) in [6.07, 6.45) is 0. The fourth-order valence-corrected chi connectivity index (χ4v) is 3.45. The van der Waals surface area contributed by atoms with Gasteiger partial charge in [0.15, 0.2) is 5.82 Å². The van der Waals surface area contributed by atoms with Gasteiger partial charge >= 0.3 is 0 Å². The molecule has 7 heteroatoms. The molecule has 0 radical (unpaired) electrons. The number of aryl methyl sites for hydroxylation is 3. The molecule has 0 aliphatic carbocycles. The molecular weight excluding hydrogens is 372 g/mol. The summed E-state index contributed by atoms with van der Waals surface area (Å²) in [5.74, 6) is 1.35. The molecule has 6 nitrogen and oxygen atoms in total. The number of rotatable bonds is 7. The molecule has 0 fully saturated rings. The summed E-state index contributed by atoms with van der Waals surface area (Å²) in [7, 11) is 0. The molecule has 3 rings (SSSR count). The van der Waals surface area contributed by atoms with Gasteiger partial charge in [-0.25, -0.2) is 4.98 Å². The molecule has 146 valence electrons. The standard InChI is InChI=1S/C21H24N4O2S/c1-13-8-5-6-11-17(13)27-12-18-22-21(25-24-18)28-16(4)20(26)23-19-14(2)9-7-10-15(19)3/h5-11,16H,12H2,1-4H3,(H,23,26)(H,22,24,25)/t16-/m0/s1. The number of hydrogen-bond acceptors (Lipinski definition) is 5. The number of nitrogens with zero attached hydrogens (tertiary/aromatic N) is 2. The predicted octanol–water partition coefficient (Wildman–Crippen LogP) is 4.43. The van der Waals surface area contributed by atoms with Gasteiger partial charge in [-0.3, -0.25) is 9.89 Å². The fourth-order valence-electron chi connectivity index (χ4n) is 2.71. The summed E-state index contributed by atoms with van der Waals surface area (Å²) in [6, 6.07) is 13.8. The van der Waals surface area contributed by atoms with Crippen molar-refractivity contribution >= 4 is 23.4 Å².